The van der Waals surface area contributed by atoms with Crippen molar-refractivity contribution in [2.45, 2.75) is 79.8 Å². The Labute approximate surface area is 137 Å². The molecule has 0 aliphatic heterocycles. The maximum atomic E-state index is 5.81. The maximum absolute atomic E-state index is 5.81. The quantitative estimate of drug-likeness (QED) is 0.429. The van der Waals surface area contributed by atoms with Crippen molar-refractivity contribution in [2.24, 2.45) is 0 Å². The molecule has 0 aliphatic rings. The summed E-state index contributed by atoms with van der Waals surface area (Å²) >= 11 is 0. The van der Waals surface area contributed by atoms with Crippen LogP contribution in [0.3, 0.4) is 0 Å². The second-order valence-corrected chi connectivity index (χ2v) is 6.45. The van der Waals surface area contributed by atoms with Crippen LogP contribution in [0.15, 0.2) is 24.1 Å². The van der Waals surface area contributed by atoms with Gasteiger partial charge in [0.05, 0.1) is 0 Å². The minimum Gasteiger partial charge on any atom is -0.405 e. The van der Waals surface area contributed by atoms with Crippen LogP contribution in [0, 0.1) is 0 Å². The molecule has 0 radical (unpaired) electrons. The SMILES string of the molecule is C=C(B(OC(C)C)OC(C)C)C(=C)B(OC(C)C)OC(C)C. The monoisotopic (exact) mass is 310 g/mol. The van der Waals surface area contributed by atoms with Gasteiger partial charge in [0.1, 0.15) is 0 Å². The van der Waals surface area contributed by atoms with E-state index >= 15 is 0 Å². The lowest BCUT2D eigenvalue weighted by Gasteiger charge is -2.26. The van der Waals surface area contributed by atoms with E-state index in [0.717, 1.165) is 0 Å². The number of hydrogen-bond acceptors (Lipinski definition) is 4. The van der Waals surface area contributed by atoms with Crippen LogP contribution >= 0.6 is 0 Å². The Morgan fingerprint density at radius 3 is 0.864 bits per heavy atom. The van der Waals surface area contributed by atoms with E-state index < -0.39 is 14.2 Å². The second kappa shape index (κ2) is 10.3. The molecule has 0 aromatic rings. The first kappa shape index (κ1) is 21.4. The largest absolute Gasteiger partial charge is 0.493 e. The minimum absolute atomic E-state index is 0.0174. The molecule has 126 valence electrons. The number of rotatable bonds is 11. The molecule has 0 atom stereocenters. The summed E-state index contributed by atoms with van der Waals surface area (Å²) in [4.78, 5) is 0. The molecule has 0 unspecified atom stereocenters. The van der Waals surface area contributed by atoms with Crippen LogP contribution in [0.2, 0.25) is 0 Å². The van der Waals surface area contributed by atoms with Crippen LogP contribution < -0.4 is 0 Å². The molecule has 0 heterocycles. The summed E-state index contributed by atoms with van der Waals surface area (Å²) in [6, 6.07) is 0. The highest BCUT2D eigenvalue weighted by Crippen LogP contribution is 2.20. The van der Waals surface area contributed by atoms with E-state index in [2.05, 4.69) is 13.2 Å². The zero-order chi connectivity index (χ0) is 17.4. The van der Waals surface area contributed by atoms with Gasteiger partial charge in [-0.3, -0.25) is 0 Å². The Bertz CT molecular complexity index is 300. The minimum atomic E-state index is -0.554. The van der Waals surface area contributed by atoms with Gasteiger partial charge in [0, 0.05) is 24.4 Å². The van der Waals surface area contributed by atoms with Crippen molar-refractivity contribution in [3.8, 4) is 0 Å². The highest BCUT2D eigenvalue weighted by Gasteiger charge is 2.35. The lowest BCUT2D eigenvalue weighted by Crippen LogP contribution is -2.38. The summed E-state index contributed by atoms with van der Waals surface area (Å²) < 4.78 is 23.2. The Balaban J connectivity index is 5.07. The van der Waals surface area contributed by atoms with Crippen molar-refractivity contribution < 1.29 is 18.6 Å². The van der Waals surface area contributed by atoms with Crippen LogP contribution in [0.1, 0.15) is 55.4 Å². The molecule has 0 N–H and O–H groups in total. The molecule has 0 amide bonds. The molecule has 0 aromatic carbocycles. The summed E-state index contributed by atoms with van der Waals surface area (Å²) in [7, 11) is -1.11. The molecule has 0 fully saturated rings. The van der Waals surface area contributed by atoms with E-state index in [4.69, 9.17) is 18.6 Å². The molecule has 6 heteroatoms. The van der Waals surface area contributed by atoms with Crippen LogP contribution in [-0.2, 0) is 18.6 Å². The van der Waals surface area contributed by atoms with Crippen molar-refractivity contribution in [1.82, 2.24) is 0 Å². The lowest BCUT2D eigenvalue weighted by molar-refractivity contribution is 0.131. The smallest absolute Gasteiger partial charge is 0.405 e. The van der Waals surface area contributed by atoms with Gasteiger partial charge in [0.25, 0.3) is 0 Å². The van der Waals surface area contributed by atoms with Crippen molar-refractivity contribution >= 4 is 14.2 Å². The summed E-state index contributed by atoms with van der Waals surface area (Å²) in [5.74, 6) is 0. The highest BCUT2D eigenvalue weighted by atomic mass is 16.6. The average Bonchev–Trinajstić information content (AvgIpc) is 2.33. The van der Waals surface area contributed by atoms with E-state index in [1.54, 1.807) is 0 Å². The van der Waals surface area contributed by atoms with Crippen molar-refractivity contribution in [3.05, 3.63) is 24.1 Å². The topological polar surface area (TPSA) is 36.9 Å². The van der Waals surface area contributed by atoms with Crippen molar-refractivity contribution in [3.63, 3.8) is 0 Å². The summed E-state index contributed by atoms with van der Waals surface area (Å²) in [5, 5.41) is 0. The zero-order valence-electron chi connectivity index (χ0n) is 15.5. The molecule has 0 aromatic heterocycles. The third-order valence-corrected chi connectivity index (χ3v) is 2.56. The third kappa shape index (κ3) is 8.79. The molecule has 0 bridgehead atoms. The van der Waals surface area contributed by atoms with Crippen molar-refractivity contribution in [2.75, 3.05) is 0 Å². The Hall–Kier alpha value is -0.550. The first-order valence-corrected chi connectivity index (χ1v) is 8.04. The van der Waals surface area contributed by atoms with Crippen molar-refractivity contribution in [1.29, 1.82) is 0 Å². The Morgan fingerprint density at radius 1 is 0.545 bits per heavy atom. The predicted molar refractivity (Wildman–Crippen MR) is 94.7 cm³/mol. The highest BCUT2D eigenvalue weighted by molar-refractivity contribution is 6.65. The average molecular weight is 310 g/mol. The molecule has 0 saturated heterocycles. The molecule has 0 spiro atoms. The van der Waals surface area contributed by atoms with Crippen LogP contribution in [-0.4, -0.2) is 38.7 Å². The fourth-order valence-corrected chi connectivity index (χ4v) is 1.68. The van der Waals surface area contributed by atoms with Gasteiger partial charge in [-0.2, -0.15) is 0 Å². The fourth-order valence-electron chi connectivity index (χ4n) is 1.68. The van der Waals surface area contributed by atoms with Gasteiger partial charge in [-0.25, -0.2) is 0 Å². The molecular formula is C16H32B2O4. The maximum Gasteiger partial charge on any atom is 0.493 e. The standard InChI is InChI=1S/C16H32B2O4/c1-11(2)19-17(20-12(3)4)15(9)16(10)18(21-13(5)6)22-14(7)8/h11-14H,9-10H2,1-8H3. The van der Waals surface area contributed by atoms with E-state index in [1.165, 1.54) is 0 Å². The van der Waals surface area contributed by atoms with E-state index in [9.17, 15) is 0 Å². The van der Waals surface area contributed by atoms with Gasteiger partial charge >= 0.3 is 14.2 Å². The molecule has 22 heavy (non-hydrogen) atoms. The van der Waals surface area contributed by atoms with Crippen LogP contribution in [0.5, 0.6) is 0 Å². The zero-order valence-corrected chi connectivity index (χ0v) is 15.5. The van der Waals surface area contributed by atoms with Crippen LogP contribution in [0.4, 0.5) is 0 Å². The molecule has 0 rings (SSSR count). The lowest BCUT2D eigenvalue weighted by atomic mass is 9.62. The summed E-state index contributed by atoms with van der Waals surface area (Å²) in [5.41, 5.74) is 1.29. The normalized spacial score (nSPS) is 11.6. The predicted octanol–water partition coefficient (Wildman–Crippen LogP) is 3.85. The van der Waals surface area contributed by atoms with Gasteiger partial charge in [-0.05, 0) is 66.3 Å². The van der Waals surface area contributed by atoms with Gasteiger partial charge in [0.2, 0.25) is 0 Å². The number of hydrogen-bond donors (Lipinski definition) is 0. The van der Waals surface area contributed by atoms with Crippen LogP contribution in [0.25, 0.3) is 0 Å². The summed E-state index contributed by atoms with van der Waals surface area (Å²) in [6.07, 6.45) is 0.0696. The van der Waals surface area contributed by atoms with Gasteiger partial charge < -0.3 is 18.6 Å². The second-order valence-electron chi connectivity index (χ2n) is 6.45. The first-order chi connectivity index (χ1) is 10.0. The molecular weight excluding hydrogens is 278 g/mol. The van der Waals surface area contributed by atoms with Gasteiger partial charge in [0.15, 0.2) is 0 Å². The Kier molecular flexibility index (Phi) is 10.0. The fraction of sp³-hybridized carbons (Fsp3) is 0.750. The van der Waals surface area contributed by atoms with Gasteiger partial charge in [-0.1, -0.05) is 13.2 Å². The third-order valence-electron chi connectivity index (χ3n) is 2.56. The van der Waals surface area contributed by atoms with E-state index in [1.807, 2.05) is 55.4 Å². The molecule has 4 nitrogen and oxygen atoms in total. The van der Waals surface area contributed by atoms with E-state index in [-0.39, 0.29) is 24.4 Å². The van der Waals surface area contributed by atoms with Gasteiger partial charge in [-0.15, -0.1) is 0 Å². The molecule has 0 saturated carbocycles. The number of allylic oxidation sites excluding steroid dienone is 2. The molecule has 0 aliphatic carbocycles. The van der Waals surface area contributed by atoms with E-state index in [0.29, 0.717) is 10.9 Å². The first-order valence-electron chi connectivity index (χ1n) is 8.04. The summed E-state index contributed by atoms with van der Waals surface area (Å²) in [6.45, 7) is 23.8. The Morgan fingerprint density at radius 2 is 0.727 bits per heavy atom.